The molecule has 0 aromatic heterocycles. The van der Waals surface area contributed by atoms with E-state index in [0.29, 0.717) is 12.3 Å². The fraction of sp³-hybridized carbons (Fsp3) is 1.00. The zero-order chi connectivity index (χ0) is 10.3. The highest BCUT2D eigenvalue weighted by molar-refractivity contribution is 4.97. The Bertz CT molecular complexity index is 216. The monoisotopic (exact) mass is 198 g/mol. The summed E-state index contributed by atoms with van der Waals surface area (Å²) in [5.41, 5.74) is 0.202. The normalized spacial score (nSPS) is 39.4. The maximum absolute atomic E-state index is 3.70. The van der Waals surface area contributed by atoms with E-state index in [1.807, 2.05) is 0 Å². The lowest BCUT2D eigenvalue weighted by Gasteiger charge is -2.52. The third-order valence-electron chi connectivity index (χ3n) is 3.35. The van der Waals surface area contributed by atoms with Crippen molar-refractivity contribution in [3.8, 4) is 0 Å². The second-order valence-electron chi connectivity index (χ2n) is 5.26. The number of nitrogens with zero attached hydrogens (tertiary/aromatic N) is 2. The van der Waals surface area contributed by atoms with Gasteiger partial charge in [0.1, 0.15) is 0 Å². The van der Waals surface area contributed by atoms with Crippen LogP contribution in [0, 0.1) is 0 Å². The number of piperazine rings is 2. The first-order valence-electron chi connectivity index (χ1n) is 5.41. The van der Waals surface area contributed by atoms with E-state index in [-0.39, 0.29) is 5.54 Å². The van der Waals surface area contributed by atoms with Crippen molar-refractivity contribution >= 4 is 0 Å². The highest BCUT2D eigenvalue weighted by Gasteiger charge is 2.40. The molecule has 0 radical (unpaired) electrons. The summed E-state index contributed by atoms with van der Waals surface area (Å²) in [6.45, 7) is 7.82. The molecule has 4 nitrogen and oxygen atoms in total. The first kappa shape index (κ1) is 10.4. The van der Waals surface area contributed by atoms with E-state index in [1.165, 1.54) is 0 Å². The van der Waals surface area contributed by atoms with Crippen LogP contribution in [0.1, 0.15) is 13.8 Å². The highest BCUT2D eigenvalue weighted by Crippen LogP contribution is 2.18. The lowest BCUT2D eigenvalue weighted by Crippen LogP contribution is -2.76. The maximum atomic E-state index is 3.70. The molecular weight excluding hydrogens is 176 g/mol. The molecule has 2 aliphatic heterocycles. The first-order chi connectivity index (χ1) is 6.49. The third-order valence-corrected chi connectivity index (χ3v) is 3.35. The number of fused-ring (bicyclic) bond motifs is 1. The van der Waals surface area contributed by atoms with E-state index in [1.54, 1.807) is 0 Å². The minimum absolute atomic E-state index is 0.202. The van der Waals surface area contributed by atoms with Gasteiger partial charge in [-0.15, -0.1) is 0 Å². The van der Waals surface area contributed by atoms with Crippen LogP contribution in [0.4, 0.5) is 0 Å². The van der Waals surface area contributed by atoms with Gasteiger partial charge in [-0.3, -0.25) is 20.4 Å². The summed E-state index contributed by atoms with van der Waals surface area (Å²) in [5.74, 6) is 0. The number of hydrogen-bond donors (Lipinski definition) is 2. The van der Waals surface area contributed by atoms with Gasteiger partial charge in [-0.1, -0.05) is 0 Å². The molecule has 0 aromatic carbocycles. The molecule has 2 N–H and O–H groups in total. The van der Waals surface area contributed by atoms with Crippen LogP contribution in [0.2, 0.25) is 0 Å². The SMILES string of the molecule is CN1CCN(C)C2NC(C)(C)CNC21. The molecule has 2 atom stereocenters. The molecule has 2 aliphatic rings. The van der Waals surface area contributed by atoms with Gasteiger partial charge in [-0.2, -0.15) is 0 Å². The molecule has 0 spiro atoms. The summed E-state index contributed by atoms with van der Waals surface area (Å²) in [6, 6.07) is 0. The van der Waals surface area contributed by atoms with Gasteiger partial charge in [0.25, 0.3) is 0 Å². The van der Waals surface area contributed by atoms with E-state index in [4.69, 9.17) is 0 Å². The third kappa shape index (κ3) is 1.80. The van der Waals surface area contributed by atoms with Gasteiger partial charge in [0.05, 0.1) is 12.3 Å². The Kier molecular flexibility index (Phi) is 2.55. The topological polar surface area (TPSA) is 30.5 Å². The fourth-order valence-electron chi connectivity index (χ4n) is 2.34. The second-order valence-corrected chi connectivity index (χ2v) is 5.26. The molecule has 2 rings (SSSR count). The number of likely N-dealkylation sites (N-methyl/N-ethyl adjacent to an activating group) is 2. The highest BCUT2D eigenvalue weighted by atomic mass is 15.4. The summed E-state index contributed by atoms with van der Waals surface area (Å²) in [5, 5.41) is 7.31. The largest absolute Gasteiger partial charge is 0.297 e. The summed E-state index contributed by atoms with van der Waals surface area (Å²) < 4.78 is 0. The predicted molar refractivity (Wildman–Crippen MR) is 58.1 cm³/mol. The quantitative estimate of drug-likeness (QED) is 0.549. The number of rotatable bonds is 0. The summed E-state index contributed by atoms with van der Waals surface area (Å²) in [4.78, 5) is 4.80. The lowest BCUT2D eigenvalue weighted by molar-refractivity contribution is -0.0242. The van der Waals surface area contributed by atoms with Gasteiger partial charge in [0, 0.05) is 25.2 Å². The van der Waals surface area contributed by atoms with Gasteiger partial charge < -0.3 is 0 Å². The molecule has 2 fully saturated rings. The molecule has 2 saturated heterocycles. The van der Waals surface area contributed by atoms with Gasteiger partial charge in [0.2, 0.25) is 0 Å². The van der Waals surface area contributed by atoms with Crippen molar-refractivity contribution in [2.75, 3.05) is 33.7 Å². The Morgan fingerprint density at radius 2 is 1.64 bits per heavy atom. The molecule has 4 heteroatoms. The lowest BCUT2D eigenvalue weighted by atomic mass is 9.99. The molecule has 2 unspecified atom stereocenters. The van der Waals surface area contributed by atoms with Gasteiger partial charge in [-0.05, 0) is 27.9 Å². The Hall–Kier alpha value is -0.160. The van der Waals surface area contributed by atoms with E-state index in [0.717, 1.165) is 19.6 Å². The Morgan fingerprint density at radius 3 is 2.29 bits per heavy atom. The van der Waals surface area contributed by atoms with Crippen LogP contribution in [0.3, 0.4) is 0 Å². The van der Waals surface area contributed by atoms with E-state index < -0.39 is 0 Å². The molecule has 2 heterocycles. The predicted octanol–water partition coefficient (Wildman–Crippen LogP) is -0.513. The average molecular weight is 198 g/mol. The van der Waals surface area contributed by atoms with Crippen LogP contribution < -0.4 is 10.6 Å². The van der Waals surface area contributed by atoms with E-state index in [9.17, 15) is 0 Å². The molecule has 0 amide bonds. The van der Waals surface area contributed by atoms with E-state index >= 15 is 0 Å². The van der Waals surface area contributed by atoms with E-state index in [2.05, 4.69) is 48.4 Å². The van der Waals surface area contributed by atoms with Crippen LogP contribution in [0.25, 0.3) is 0 Å². The van der Waals surface area contributed by atoms with Crippen LogP contribution in [-0.2, 0) is 0 Å². The first-order valence-corrected chi connectivity index (χ1v) is 5.41. The van der Waals surface area contributed by atoms with Crippen molar-refractivity contribution in [3.05, 3.63) is 0 Å². The van der Waals surface area contributed by atoms with Crippen molar-refractivity contribution in [2.45, 2.75) is 31.7 Å². The van der Waals surface area contributed by atoms with Crippen LogP contribution in [0.5, 0.6) is 0 Å². The van der Waals surface area contributed by atoms with Gasteiger partial charge in [0.15, 0.2) is 0 Å². The molecule has 0 saturated carbocycles. The standard InChI is InChI=1S/C10H22N4/c1-10(2)7-11-8-9(12-10)14(4)6-5-13(8)3/h8-9,11-12H,5-7H2,1-4H3. The van der Waals surface area contributed by atoms with Crippen molar-refractivity contribution in [3.63, 3.8) is 0 Å². The average Bonchev–Trinajstić information content (AvgIpc) is 2.10. The van der Waals surface area contributed by atoms with Crippen LogP contribution in [-0.4, -0.2) is 61.4 Å². The Morgan fingerprint density at radius 1 is 1.07 bits per heavy atom. The molecule has 0 aliphatic carbocycles. The Labute approximate surface area is 86.6 Å². The van der Waals surface area contributed by atoms with Crippen LogP contribution >= 0.6 is 0 Å². The summed E-state index contributed by atoms with van der Waals surface area (Å²) in [7, 11) is 4.39. The molecule has 14 heavy (non-hydrogen) atoms. The number of nitrogens with one attached hydrogen (secondary N) is 2. The molecular formula is C10H22N4. The second kappa shape index (κ2) is 3.45. The maximum Gasteiger partial charge on any atom is 0.0896 e. The molecule has 82 valence electrons. The smallest absolute Gasteiger partial charge is 0.0896 e. The minimum Gasteiger partial charge on any atom is -0.297 e. The Balaban J connectivity index is 2.11. The van der Waals surface area contributed by atoms with Crippen LogP contribution in [0.15, 0.2) is 0 Å². The zero-order valence-corrected chi connectivity index (χ0v) is 9.67. The zero-order valence-electron chi connectivity index (χ0n) is 9.67. The van der Waals surface area contributed by atoms with Gasteiger partial charge >= 0.3 is 0 Å². The molecule has 0 aromatic rings. The van der Waals surface area contributed by atoms with Crippen molar-refractivity contribution in [1.29, 1.82) is 0 Å². The molecule has 0 bridgehead atoms. The fourth-order valence-corrected chi connectivity index (χ4v) is 2.34. The summed E-state index contributed by atoms with van der Waals surface area (Å²) >= 11 is 0. The minimum atomic E-state index is 0.202. The summed E-state index contributed by atoms with van der Waals surface area (Å²) in [6.07, 6.45) is 0.902. The van der Waals surface area contributed by atoms with Crippen molar-refractivity contribution in [1.82, 2.24) is 20.4 Å². The van der Waals surface area contributed by atoms with Gasteiger partial charge in [-0.25, -0.2) is 0 Å². The number of hydrogen-bond acceptors (Lipinski definition) is 4. The van der Waals surface area contributed by atoms with Crippen molar-refractivity contribution < 1.29 is 0 Å². The van der Waals surface area contributed by atoms with Crippen molar-refractivity contribution in [2.24, 2.45) is 0 Å².